The van der Waals surface area contributed by atoms with Crippen LogP contribution in [0.5, 0.6) is 0 Å². The SMILES string of the molecule is C=C/C(=C\N)C\C=C/C(=C\N)C(/C=C)=C/c1c(C)c(C)c(-c2ccc(-c3ccc(-c4ccccc4)cc3)cc2C=C)n1-c1ccccc1. The molecule has 0 bridgehead atoms. The van der Waals surface area contributed by atoms with E-state index in [1.807, 2.05) is 36.4 Å². The Morgan fingerprint density at radius 3 is 1.85 bits per heavy atom. The van der Waals surface area contributed by atoms with Crippen molar-refractivity contribution in [3.8, 4) is 39.2 Å². The minimum absolute atomic E-state index is 0.655. The molecule has 4 aromatic carbocycles. The molecule has 0 spiro atoms. The maximum Gasteiger partial charge on any atom is 0.0572 e. The molecule has 0 saturated heterocycles. The summed E-state index contributed by atoms with van der Waals surface area (Å²) < 4.78 is 2.33. The highest BCUT2D eigenvalue weighted by atomic mass is 15.0. The molecule has 0 atom stereocenters. The van der Waals surface area contributed by atoms with Crippen molar-refractivity contribution in [1.82, 2.24) is 4.57 Å². The van der Waals surface area contributed by atoms with Crippen molar-refractivity contribution in [2.24, 2.45) is 11.5 Å². The first-order valence-corrected chi connectivity index (χ1v) is 16.1. The lowest BCUT2D eigenvalue weighted by atomic mass is 9.94. The monoisotopic (exact) mass is 625 g/mol. The second-order valence-electron chi connectivity index (χ2n) is 11.6. The topological polar surface area (TPSA) is 57.0 Å². The zero-order chi connectivity index (χ0) is 34.0. The van der Waals surface area contributed by atoms with Crippen LogP contribution in [0.15, 0.2) is 176 Å². The van der Waals surface area contributed by atoms with Crippen LogP contribution in [-0.4, -0.2) is 4.57 Å². The second kappa shape index (κ2) is 15.5. The summed E-state index contributed by atoms with van der Waals surface area (Å²) in [6.07, 6.45) is 15.6. The summed E-state index contributed by atoms with van der Waals surface area (Å²) in [6, 6.07) is 36.3. The number of allylic oxidation sites excluding steroid dienone is 7. The zero-order valence-corrected chi connectivity index (χ0v) is 27.9. The van der Waals surface area contributed by atoms with E-state index >= 15 is 0 Å². The third kappa shape index (κ3) is 7.01. The van der Waals surface area contributed by atoms with E-state index in [0.717, 1.165) is 56.0 Å². The molecule has 48 heavy (non-hydrogen) atoms. The Balaban J connectivity index is 1.62. The largest absolute Gasteiger partial charge is 0.404 e. The van der Waals surface area contributed by atoms with Gasteiger partial charge in [-0.25, -0.2) is 0 Å². The van der Waals surface area contributed by atoms with E-state index < -0.39 is 0 Å². The molecule has 0 unspecified atom stereocenters. The van der Waals surface area contributed by atoms with Gasteiger partial charge in [-0.05, 0) is 106 Å². The highest BCUT2D eigenvalue weighted by Gasteiger charge is 2.21. The van der Waals surface area contributed by atoms with E-state index in [9.17, 15) is 0 Å². The van der Waals surface area contributed by atoms with Crippen molar-refractivity contribution in [2.75, 3.05) is 0 Å². The van der Waals surface area contributed by atoms with Crippen molar-refractivity contribution >= 4 is 12.2 Å². The molecule has 5 rings (SSSR count). The number of hydrogen-bond acceptors (Lipinski definition) is 2. The molecule has 0 amide bonds. The molecule has 3 heteroatoms. The Kier molecular flexibility index (Phi) is 10.7. The smallest absolute Gasteiger partial charge is 0.0572 e. The molecule has 238 valence electrons. The fraction of sp³-hybridized carbons (Fsp3) is 0.0667. The van der Waals surface area contributed by atoms with E-state index in [1.165, 1.54) is 22.3 Å². The van der Waals surface area contributed by atoms with Crippen molar-refractivity contribution in [2.45, 2.75) is 20.3 Å². The fourth-order valence-corrected chi connectivity index (χ4v) is 5.98. The molecule has 0 aliphatic carbocycles. The van der Waals surface area contributed by atoms with Crippen LogP contribution in [0.1, 0.15) is 28.8 Å². The Bertz CT molecular complexity index is 2050. The van der Waals surface area contributed by atoms with E-state index in [2.05, 4.69) is 135 Å². The average molecular weight is 626 g/mol. The summed E-state index contributed by atoms with van der Waals surface area (Å²) in [7, 11) is 0. The first-order chi connectivity index (χ1) is 23.4. The molecule has 0 aliphatic rings. The summed E-state index contributed by atoms with van der Waals surface area (Å²) in [4.78, 5) is 0. The molecule has 1 heterocycles. The van der Waals surface area contributed by atoms with Crippen LogP contribution in [0.3, 0.4) is 0 Å². The summed E-state index contributed by atoms with van der Waals surface area (Å²) in [6.45, 7) is 16.6. The molecular weight excluding hydrogens is 583 g/mol. The van der Waals surface area contributed by atoms with Gasteiger partial charge in [-0.2, -0.15) is 0 Å². The van der Waals surface area contributed by atoms with Crippen LogP contribution in [-0.2, 0) is 0 Å². The molecule has 5 aromatic rings. The third-order valence-corrected chi connectivity index (χ3v) is 8.79. The molecule has 4 N–H and O–H groups in total. The van der Waals surface area contributed by atoms with E-state index in [4.69, 9.17) is 11.5 Å². The van der Waals surface area contributed by atoms with Crippen LogP contribution in [0.25, 0.3) is 51.4 Å². The van der Waals surface area contributed by atoms with Crippen molar-refractivity contribution < 1.29 is 0 Å². The maximum atomic E-state index is 6.16. The van der Waals surface area contributed by atoms with E-state index in [-0.39, 0.29) is 0 Å². The molecule has 0 fully saturated rings. The first-order valence-electron chi connectivity index (χ1n) is 16.1. The quantitative estimate of drug-likeness (QED) is 0.136. The third-order valence-electron chi connectivity index (χ3n) is 8.79. The Hall–Kier alpha value is -6.06. The highest BCUT2D eigenvalue weighted by molar-refractivity contribution is 5.84. The van der Waals surface area contributed by atoms with Gasteiger partial charge in [-0.3, -0.25) is 0 Å². The molecule has 1 aromatic heterocycles. The second-order valence-corrected chi connectivity index (χ2v) is 11.6. The van der Waals surface area contributed by atoms with E-state index in [1.54, 1.807) is 18.5 Å². The van der Waals surface area contributed by atoms with Crippen molar-refractivity contribution in [1.29, 1.82) is 0 Å². The molecule has 0 radical (unpaired) electrons. The van der Waals surface area contributed by atoms with Crippen LogP contribution >= 0.6 is 0 Å². The first kappa shape index (κ1) is 33.3. The normalized spacial score (nSPS) is 12.3. The fourth-order valence-electron chi connectivity index (χ4n) is 5.98. The minimum Gasteiger partial charge on any atom is -0.404 e. The lowest BCUT2D eigenvalue weighted by Gasteiger charge is -2.17. The van der Waals surface area contributed by atoms with Gasteiger partial charge in [-0.1, -0.05) is 135 Å². The number of benzene rings is 4. The predicted molar refractivity (Wildman–Crippen MR) is 208 cm³/mol. The van der Waals surface area contributed by atoms with Gasteiger partial charge in [0.2, 0.25) is 0 Å². The summed E-state index contributed by atoms with van der Waals surface area (Å²) in [5, 5.41) is 0. The van der Waals surface area contributed by atoms with Gasteiger partial charge in [0.15, 0.2) is 0 Å². The van der Waals surface area contributed by atoms with Crippen LogP contribution in [0.2, 0.25) is 0 Å². The Morgan fingerprint density at radius 1 is 0.667 bits per heavy atom. The van der Waals surface area contributed by atoms with Gasteiger partial charge in [0.1, 0.15) is 0 Å². The molecular formula is C45H43N3. The lowest BCUT2D eigenvalue weighted by molar-refractivity contribution is 1.06. The Morgan fingerprint density at radius 2 is 1.27 bits per heavy atom. The van der Waals surface area contributed by atoms with Crippen molar-refractivity contribution in [3.63, 3.8) is 0 Å². The number of para-hydroxylation sites is 1. The highest BCUT2D eigenvalue weighted by Crippen LogP contribution is 2.39. The molecule has 0 saturated carbocycles. The van der Waals surface area contributed by atoms with Gasteiger partial charge < -0.3 is 16.0 Å². The summed E-state index contributed by atoms with van der Waals surface area (Å²) >= 11 is 0. The molecule has 3 nitrogen and oxygen atoms in total. The molecule has 0 aliphatic heterocycles. The van der Waals surface area contributed by atoms with Gasteiger partial charge in [0, 0.05) is 17.5 Å². The van der Waals surface area contributed by atoms with Crippen LogP contribution in [0, 0.1) is 13.8 Å². The average Bonchev–Trinajstić information content (AvgIpc) is 3.39. The van der Waals surface area contributed by atoms with E-state index in [0.29, 0.717) is 6.42 Å². The predicted octanol–water partition coefficient (Wildman–Crippen LogP) is 11.1. The zero-order valence-electron chi connectivity index (χ0n) is 27.9. The number of nitrogens with two attached hydrogens (primary N) is 2. The Labute approximate surface area is 285 Å². The maximum absolute atomic E-state index is 6.16. The van der Waals surface area contributed by atoms with Crippen LogP contribution in [0.4, 0.5) is 0 Å². The minimum atomic E-state index is 0.655. The standard InChI is InChI=1S/C45H43N3/c1-6-34(30-46)16-15-19-41(31-47)35(7-2)29-44-32(4)33(5)45(48(44)42-20-13-10-14-21-42)43-27-26-40(28-36(43)8-3)39-24-22-38(23-25-39)37-17-11-9-12-18-37/h6-15,17-31H,1-3,16,46-47H2,4-5H3/b19-15-,34-30+,35-29+,41-31+. The van der Waals surface area contributed by atoms with Gasteiger partial charge in [0.05, 0.1) is 11.4 Å². The van der Waals surface area contributed by atoms with Crippen molar-refractivity contribution in [3.05, 3.63) is 199 Å². The lowest BCUT2D eigenvalue weighted by Crippen LogP contribution is -2.02. The number of nitrogens with zero attached hydrogens (tertiary/aromatic N) is 1. The summed E-state index contributed by atoms with van der Waals surface area (Å²) in [5.74, 6) is 0. The van der Waals surface area contributed by atoms with Gasteiger partial charge in [-0.15, -0.1) is 0 Å². The number of hydrogen-bond donors (Lipinski definition) is 2. The van der Waals surface area contributed by atoms with Gasteiger partial charge >= 0.3 is 0 Å². The number of aromatic nitrogens is 1. The number of rotatable bonds is 12. The summed E-state index contributed by atoms with van der Waals surface area (Å²) in [5.41, 5.74) is 27.1. The van der Waals surface area contributed by atoms with Gasteiger partial charge in [0.25, 0.3) is 0 Å². The van der Waals surface area contributed by atoms with Crippen LogP contribution < -0.4 is 11.5 Å².